The summed E-state index contributed by atoms with van der Waals surface area (Å²) < 4.78 is 0. The Kier molecular flexibility index (Phi) is 7.46. The molecule has 5 nitrogen and oxygen atoms in total. The highest BCUT2D eigenvalue weighted by Gasteiger charge is 2.26. The van der Waals surface area contributed by atoms with E-state index in [0.717, 1.165) is 45.1 Å². The Bertz CT molecular complexity index is 359. The summed E-state index contributed by atoms with van der Waals surface area (Å²) in [7, 11) is 0. The van der Waals surface area contributed by atoms with Crippen molar-refractivity contribution in [3.8, 4) is 0 Å². The van der Waals surface area contributed by atoms with E-state index < -0.39 is 0 Å². The molecule has 122 valence electrons. The largest absolute Gasteiger partial charge is 0.353 e. The lowest BCUT2D eigenvalue weighted by atomic mass is 10.0. The number of nitrogens with two attached hydrogens (primary N) is 1. The molecule has 1 saturated carbocycles. The number of nitrogens with one attached hydrogen (secondary N) is 1. The van der Waals surface area contributed by atoms with Gasteiger partial charge in [-0.3, -0.25) is 9.59 Å². The van der Waals surface area contributed by atoms with Crippen LogP contribution >= 0.6 is 12.4 Å². The number of hydrogen-bond donors (Lipinski definition) is 2. The molecule has 0 aromatic heterocycles. The van der Waals surface area contributed by atoms with Gasteiger partial charge in [-0.15, -0.1) is 12.4 Å². The number of carbonyl (C=O) groups is 2. The molecule has 2 atom stereocenters. The molecule has 21 heavy (non-hydrogen) atoms. The van der Waals surface area contributed by atoms with Crippen molar-refractivity contribution >= 4 is 24.2 Å². The highest BCUT2D eigenvalue weighted by Crippen LogP contribution is 2.24. The van der Waals surface area contributed by atoms with Crippen LogP contribution in [-0.4, -0.2) is 41.9 Å². The van der Waals surface area contributed by atoms with E-state index in [1.807, 2.05) is 11.8 Å². The molecule has 1 aliphatic carbocycles. The molecule has 2 rings (SSSR count). The van der Waals surface area contributed by atoms with Crippen LogP contribution < -0.4 is 11.1 Å². The van der Waals surface area contributed by atoms with Crippen LogP contribution in [-0.2, 0) is 9.59 Å². The monoisotopic (exact) mass is 317 g/mol. The highest BCUT2D eigenvalue weighted by molar-refractivity contribution is 5.85. The van der Waals surface area contributed by atoms with Crippen molar-refractivity contribution in [1.29, 1.82) is 0 Å². The molecule has 3 N–H and O–H groups in total. The minimum atomic E-state index is -0.0891. The molecule has 2 fully saturated rings. The van der Waals surface area contributed by atoms with Crippen LogP contribution in [0.15, 0.2) is 0 Å². The number of nitrogens with zero attached hydrogens (tertiary/aromatic N) is 1. The fourth-order valence-corrected chi connectivity index (χ4v) is 3.23. The van der Waals surface area contributed by atoms with Crippen LogP contribution in [0.4, 0.5) is 0 Å². The number of hydrogen-bond acceptors (Lipinski definition) is 3. The van der Waals surface area contributed by atoms with Crippen molar-refractivity contribution in [2.24, 2.45) is 11.7 Å². The molecule has 0 spiro atoms. The number of halogens is 1. The molecule has 2 aliphatic rings. The van der Waals surface area contributed by atoms with E-state index in [1.165, 1.54) is 0 Å². The molecular weight excluding hydrogens is 290 g/mol. The van der Waals surface area contributed by atoms with Gasteiger partial charge in [-0.2, -0.15) is 0 Å². The van der Waals surface area contributed by atoms with Gasteiger partial charge < -0.3 is 16.0 Å². The van der Waals surface area contributed by atoms with Crippen molar-refractivity contribution in [1.82, 2.24) is 10.2 Å². The normalized spacial score (nSPS) is 24.3. The van der Waals surface area contributed by atoms with Gasteiger partial charge in [0.2, 0.25) is 11.8 Å². The molecule has 2 unspecified atom stereocenters. The van der Waals surface area contributed by atoms with Crippen LogP contribution in [0, 0.1) is 5.92 Å². The van der Waals surface area contributed by atoms with Crippen molar-refractivity contribution in [3.63, 3.8) is 0 Å². The Labute approximate surface area is 133 Å². The predicted molar refractivity (Wildman–Crippen MR) is 85.2 cm³/mol. The van der Waals surface area contributed by atoms with Gasteiger partial charge in [-0.1, -0.05) is 12.8 Å². The Morgan fingerprint density at radius 2 is 1.90 bits per heavy atom. The summed E-state index contributed by atoms with van der Waals surface area (Å²) in [5.74, 6) is 0.397. The van der Waals surface area contributed by atoms with E-state index in [4.69, 9.17) is 5.73 Å². The zero-order valence-electron chi connectivity index (χ0n) is 12.8. The maximum Gasteiger partial charge on any atom is 0.224 e. The van der Waals surface area contributed by atoms with E-state index in [2.05, 4.69) is 5.32 Å². The molecule has 1 heterocycles. The quantitative estimate of drug-likeness (QED) is 0.824. The number of piperidine rings is 1. The van der Waals surface area contributed by atoms with Gasteiger partial charge in [-0.25, -0.2) is 0 Å². The van der Waals surface area contributed by atoms with E-state index in [1.54, 1.807) is 0 Å². The molecular formula is C15H28ClN3O2. The fraction of sp³-hybridized carbons (Fsp3) is 0.867. The van der Waals surface area contributed by atoms with Gasteiger partial charge in [0.15, 0.2) is 0 Å². The van der Waals surface area contributed by atoms with Crippen LogP contribution in [0.5, 0.6) is 0 Å². The summed E-state index contributed by atoms with van der Waals surface area (Å²) in [4.78, 5) is 26.0. The van der Waals surface area contributed by atoms with Gasteiger partial charge in [0.1, 0.15) is 0 Å². The third-order valence-corrected chi connectivity index (χ3v) is 4.41. The van der Waals surface area contributed by atoms with Crippen LogP contribution in [0.1, 0.15) is 51.9 Å². The highest BCUT2D eigenvalue weighted by atomic mass is 35.5. The van der Waals surface area contributed by atoms with Crippen LogP contribution in [0.3, 0.4) is 0 Å². The topological polar surface area (TPSA) is 75.4 Å². The molecule has 0 aromatic rings. The summed E-state index contributed by atoms with van der Waals surface area (Å²) in [6.45, 7) is 3.37. The second kappa shape index (κ2) is 8.59. The lowest BCUT2D eigenvalue weighted by molar-refractivity contribution is -0.133. The average Bonchev–Trinajstić information content (AvgIpc) is 2.92. The first-order chi connectivity index (χ1) is 9.56. The Morgan fingerprint density at radius 3 is 2.52 bits per heavy atom. The third-order valence-electron chi connectivity index (χ3n) is 4.41. The van der Waals surface area contributed by atoms with E-state index in [0.29, 0.717) is 13.0 Å². The maximum atomic E-state index is 12.2. The molecule has 0 aromatic carbocycles. The average molecular weight is 318 g/mol. The van der Waals surface area contributed by atoms with Crippen molar-refractivity contribution in [2.45, 2.75) is 64.0 Å². The van der Waals surface area contributed by atoms with Crippen molar-refractivity contribution in [2.75, 3.05) is 13.1 Å². The first-order valence-corrected chi connectivity index (χ1v) is 7.90. The van der Waals surface area contributed by atoms with Gasteiger partial charge in [0.25, 0.3) is 0 Å². The Balaban J connectivity index is 0.00000220. The second-order valence-electron chi connectivity index (χ2n) is 6.34. The third kappa shape index (κ3) is 5.47. The van der Waals surface area contributed by atoms with E-state index in [-0.39, 0.29) is 42.2 Å². The Hall–Kier alpha value is -0.810. The van der Waals surface area contributed by atoms with E-state index in [9.17, 15) is 9.59 Å². The van der Waals surface area contributed by atoms with Gasteiger partial charge in [0.05, 0.1) is 0 Å². The zero-order chi connectivity index (χ0) is 14.5. The molecule has 1 saturated heterocycles. The first kappa shape index (κ1) is 18.2. The van der Waals surface area contributed by atoms with Crippen molar-refractivity contribution < 1.29 is 9.59 Å². The number of rotatable bonds is 4. The smallest absolute Gasteiger partial charge is 0.224 e. The summed E-state index contributed by atoms with van der Waals surface area (Å²) >= 11 is 0. The molecule has 0 bridgehead atoms. The summed E-state index contributed by atoms with van der Waals surface area (Å²) in [5.41, 5.74) is 5.89. The van der Waals surface area contributed by atoms with Gasteiger partial charge >= 0.3 is 0 Å². The lowest BCUT2D eigenvalue weighted by Gasteiger charge is -2.31. The predicted octanol–water partition coefficient (Wildman–Crippen LogP) is 1.44. The Morgan fingerprint density at radius 1 is 1.24 bits per heavy atom. The SMILES string of the molecule is CC(CC(=O)N1CCCC(N)C1)NC(=O)C1CCCC1.Cl. The minimum Gasteiger partial charge on any atom is -0.353 e. The summed E-state index contributed by atoms with van der Waals surface area (Å²) in [6, 6.07) is 0.0184. The number of likely N-dealkylation sites (tertiary alicyclic amines) is 1. The maximum absolute atomic E-state index is 12.2. The fourth-order valence-electron chi connectivity index (χ4n) is 3.23. The second-order valence-corrected chi connectivity index (χ2v) is 6.34. The molecule has 0 radical (unpaired) electrons. The van der Waals surface area contributed by atoms with Crippen LogP contribution in [0.25, 0.3) is 0 Å². The van der Waals surface area contributed by atoms with Gasteiger partial charge in [-0.05, 0) is 32.6 Å². The van der Waals surface area contributed by atoms with Gasteiger partial charge in [0, 0.05) is 37.5 Å². The zero-order valence-corrected chi connectivity index (χ0v) is 13.7. The molecule has 2 amide bonds. The number of carbonyl (C=O) groups excluding carboxylic acids is 2. The number of amides is 2. The summed E-state index contributed by atoms with van der Waals surface area (Å²) in [5, 5.41) is 2.99. The first-order valence-electron chi connectivity index (χ1n) is 7.90. The lowest BCUT2D eigenvalue weighted by Crippen LogP contribution is -2.47. The van der Waals surface area contributed by atoms with Crippen LogP contribution in [0.2, 0.25) is 0 Å². The van der Waals surface area contributed by atoms with E-state index >= 15 is 0 Å². The molecule has 1 aliphatic heterocycles. The summed E-state index contributed by atoms with van der Waals surface area (Å²) in [6.07, 6.45) is 6.65. The minimum absolute atomic E-state index is 0. The van der Waals surface area contributed by atoms with Crippen molar-refractivity contribution in [3.05, 3.63) is 0 Å². The standard InChI is InChI=1S/C15H27N3O2.ClH/c1-11(17-15(20)12-5-2-3-6-12)9-14(19)18-8-4-7-13(16)10-18;/h11-13H,2-10,16H2,1H3,(H,17,20);1H. The molecule has 6 heteroatoms.